The second-order valence-corrected chi connectivity index (χ2v) is 6.55. The summed E-state index contributed by atoms with van der Waals surface area (Å²) in [5, 5.41) is 9.26. The van der Waals surface area contributed by atoms with E-state index in [0.29, 0.717) is 17.4 Å². The number of nitrogens with zero attached hydrogens (tertiary/aromatic N) is 1. The lowest BCUT2D eigenvalue weighted by Gasteiger charge is -2.16. The van der Waals surface area contributed by atoms with Crippen LogP contribution in [0.25, 0.3) is 11.1 Å². The van der Waals surface area contributed by atoms with E-state index >= 15 is 0 Å². The lowest BCUT2D eigenvalue weighted by atomic mass is 10.0. The van der Waals surface area contributed by atoms with Gasteiger partial charge in [0.2, 0.25) is 0 Å². The van der Waals surface area contributed by atoms with Gasteiger partial charge in [0.05, 0.1) is 12.7 Å². The second-order valence-electron chi connectivity index (χ2n) is 5.64. The smallest absolute Gasteiger partial charge is 0.346 e. The molecule has 29 heavy (non-hydrogen) atoms. The number of hydrogen-bond acceptors (Lipinski definition) is 4. The fourth-order valence-electron chi connectivity index (χ4n) is 2.68. The first kappa shape index (κ1) is 20.3. The molecule has 0 fully saturated rings. The number of methoxy groups -OCH3 is 1. The maximum Gasteiger partial charge on any atom is 0.346 e. The molecule has 1 aromatic heterocycles. The van der Waals surface area contributed by atoms with E-state index in [9.17, 15) is 27.2 Å². The monoisotopic (exact) mass is 425 g/mol. The Morgan fingerprint density at radius 3 is 2.41 bits per heavy atom. The largest absolute Gasteiger partial charge is 0.496 e. The molecule has 0 bridgehead atoms. The van der Waals surface area contributed by atoms with Crippen LogP contribution in [0.15, 0.2) is 41.8 Å². The molecule has 1 amide bonds. The van der Waals surface area contributed by atoms with Gasteiger partial charge in [-0.25, -0.2) is 18.0 Å². The van der Waals surface area contributed by atoms with Gasteiger partial charge in [-0.05, 0) is 23.6 Å². The minimum Gasteiger partial charge on any atom is -0.496 e. The highest BCUT2D eigenvalue weighted by molar-refractivity contribution is 7.12. The van der Waals surface area contributed by atoms with E-state index in [-0.39, 0.29) is 11.3 Å². The molecule has 150 valence electrons. The summed E-state index contributed by atoms with van der Waals surface area (Å²) >= 11 is 0.625. The first-order valence-electron chi connectivity index (χ1n) is 7.89. The molecule has 0 aliphatic rings. The van der Waals surface area contributed by atoms with Gasteiger partial charge in [0, 0.05) is 11.1 Å². The minimum atomic E-state index is -1.95. The molecule has 5 nitrogen and oxygen atoms in total. The number of benzene rings is 2. The Balaban J connectivity index is 2.10. The fraction of sp³-hybridized carbons (Fsp3) is 0.0526. The predicted molar refractivity (Wildman–Crippen MR) is 97.5 cm³/mol. The molecule has 0 unspecified atom stereocenters. The van der Waals surface area contributed by atoms with Crippen LogP contribution in [0.5, 0.6) is 5.75 Å². The van der Waals surface area contributed by atoms with Crippen molar-refractivity contribution in [1.82, 2.24) is 0 Å². The molecule has 0 atom stereocenters. The van der Waals surface area contributed by atoms with Crippen LogP contribution in [0.4, 0.5) is 23.3 Å². The maximum atomic E-state index is 14.6. The Morgan fingerprint density at radius 1 is 1.07 bits per heavy atom. The predicted octanol–water partition coefficient (Wildman–Crippen LogP) is 5.07. The third kappa shape index (κ3) is 3.54. The number of para-hydroxylation sites is 1. The highest BCUT2D eigenvalue weighted by Crippen LogP contribution is 2.38. The number of rotatable bonds is 5. The Bertz CT molecular complexity index is 1120. The average molecular weight is 425 g/mol. The van der Waals surface area contributed by atoms with Crippen molar-refractivity contribution in [1.29, 1.82) is 0 Å². The van der Waals surface area contributed by atoms with Crippen LogP contribution in [0.3, 0.4) is 0 Å². The molecule has 0 spiro atoms. The molecule has 2 aromatic carbocycles. The Kier molecular flexibility index (Phi) is 5.55. The van der Waals surface area contributed by atoms with E-state index < -0.39 is 56.1 Å². The maximum absolute atomic E-state index is 14.6. The summed E-state index contributed by atoms with van der Waals surface area (Å²) in [6.45, 7) is 0. The molecule has 10 heteroatoms. The number of anilines is 1. The molecule has 3 aromatic rings. The van der Waals surface area contributed by atoms with E-state index in [4.69, 9.17) is 9.84 Å². The fourth-order valence-corrected chi connectivity index (χ4v) is 3.40. The van der Waals surface area contributed by atoms with E-state index in [1.807, 2.05) is 0 Å². The standard InChI is InChI=1S/C19H11F4NO4S/c1-28-13-5-3-2-4-9(13)11-8-12(20)16(15(22)14(11)21)24(23)18(25)10-6-7-29-17(10)19(26)27/h2-8H,1H3,(H,26,27). The summed E-state index contributed by atoms with van der Waals surface area (Å²) in [5.41, 5.74) is -2.74. The van der Waals surface area contributed by atoms with Crippen LogP contribution in [-0.4, -0.2) is 24.1 Å². The zero-order valence-electron chi connectivity index (χ0n) is 14.6. The van der Waals surface area contributed by atoms with Crippen LogP contribution >= 0.6 is 11.3 Å². The van der Waals surface area contributed by atoms with Crippen molar-refractivity contribution in [3.8, 4) is 16.9 Å². The summed E-state index contributed by atoms with van der Waals surface area (Å²) in [6.07, 6.45) is 0. The summed E-state index contributed by atoms with van der Waals surface area (Å²) in [5.74, 6) is -8.16. The molecule has 0 saturated heterocycles. The van der Waals surface area contributed by atoms with Gasteiger partial charge in [-0.15, -0.1) is 16.5 Å². The van der Waals surface area contributed by atoms with Gasteiger partial charge in [-0.2, -0.15) is 0 Å². The first-order valence-corrected chi connectivity index (χ1v) is 8.77. The quantitative estimate of drug-likeness (QED) is 0.352. The number of carboxylic acids is 1. The zero-order valence-corrected chi connectivity index (χ0v) is 15.4. The van der Waals surface area contributed by atoms with Crippen molar-refractivity contribution >= 4 is 28.9 Å². The van der Waals surface area contributed by atoms with Gasteiger partial charge in [-0.1, -0.05) is 22.7 Å². The summed E-state index contributed by atoms with van der Waals surface area (Å²) in [6, 6.07) is 7.34. The highest BCUT2D eigenvalue weighted by atomic mass is 32.1. The lowest BCUT2D eigenvalue weighted by Crippen LogP contribution is -2.25. The number of carbonyl (C=O) groups excluding carboxylic acids is 1. The van der Waals surface area contributed by atoms with Crippen molar-refractivity contribution in [2.45, 2.75) is 0 Å². The van der Waals surface area contributed by atoms with Crippen LogP contribution in [-0.2, 0) is 0 Å². The number of amides is 1. The molecule has 0 radical (unpaired) electrons. The minimum absolute atomic E-state index is 0.0135. The van der Waals surface area contributed by atoms with Crippen molar-refractivity contribution in [3.63, 3.8) is 0 Å². The number of hydrogen-bond donors (Lipinski definition) is 1. The third-order valence-electron chi connectivity index (χ3n) is 4.00. The number of aromatic carboxylic acids is 1. The van der Waals surface area contributed by atoms with Crippen LogP contribution < -0.4 is 9.86 Å². The van der Waals surface area contributed by atoms with Crippen LogP contribution in [0.1, 0.15) is 20.0 Å². The molecular weight excluding hydrogens is 414 g/mol. The van der Waals surface area contributed by atoms with E-state index in [0.717, 1.165) is 6.07 Å². The lowest BCUT2D eigenvalue weighted by molar-refractivity contribution is 0.0696. The van der Waals surface area contributed by atoms with E-state index in [1.165, 1.54) is 30.7 Å². The average Bonchev–Trinajstić information content (AvgIpc) is 3.20. The normalized spacial score (nSPS) is 10.7. The molecule has 0 aliphatic heterocycles. The zero-order chi connectivity index (χ0) is 21.3. The number of thiophene rings is 1. The van der Waals surface area contributed by atoms with Gasteiger partial charge >= 0.3 is 5.97 Å². The van der Waals surface area contributed by atoms with Crippen molar-refractivity contribution in [2.24, 2.45) is 0 Å². The highest BCUT2D eigenvalue weighted by Gasteiger charge is 2.31. The van der Waals surface area contributed by atoms with Crippen molar-refractivity contribution in [3.05, 3.63) is 69.7 Å². The summed E-state index contributed by atoms with van der Waals surface area (Å²) < 4.78 is 63.3. The SMILES string of the molecule is COc1ccccc1-c1cc(F)c(N(F)C(=O)c2ccsc2C(=O)O)c(F)c1F. The van der Waals surface area contributed by atoms with Crippen molar-refractivity contribution in [2.75, 3.05) is 12.2 Å². The number of carboxylic acid groups (broad SMARTS) is 1. The van der Waals surface area contributed by atoms with E-state index in [1.54, 1.807) is 6.07 Å². The summed E-state index contributed by atoms with van der Waals surface area (Å²) in [4.78, 5) is 22.8. The Labute approximate surface area is 165 Å². The number of carbonyl (C=O) groups is 2. The van der Waals surface area contributed by atoms with Gasteiger partial charge in [0.25, 0.3) is 5.91 Å². The number of ether oxygens (including phenoxy) is 1. The molecule has 0 saturated carbocycles. The number of halogens is 4. The Morgan fingerprint density at radius 2 is 1.76 bits per heavy atom. The van der Waals surface area contributed by atoms with Gasteiger partial charge in [-0.3, -0.25) is 4.79 Å². The topological polar surface area (TPSA) is 66.8 Å². The molecular formula is C19H11F4NO4S. The second kappa shape index (κ2) is 7.92. The molecule has 3 rings (SSSR count). The Hall–Kier alpha value is -3.40. The van der Waals surface area contributed by atoms with Gasteiger partial charge < -0.3 is 9.84 Å². The van der Waals surface area contributed by atoms with Crippen molar-refractivity contribution < 1.29 is 37.1 Å². The van der Waals surface area contributed by atoms with E-state index in [2.05, 4.69) is 0 Å². The van der Waals surface area contributed by atoms with Gasteiger partial charge in [0.15, 0.2) is 23.1 Å². The molecule has 1 N–H and O–H groups in total. The van der Waals surface area contributed by atoms with Gasteiger partial charge in [0.1, 0.15) is 10.6 Å². The third-order valence-corrected chi connectivity index (χ3v) is 4.90. The molecule has 1 heterocycles. The molecule has 0 aliphatic carbocycles. The first-order chi connectivity index (χ1) is 13.8. The summed E-state index contributed by atoms with van der Waals surface area (Å²) in [7, 11) is 1.28. The van der Waals surface area contributed by atoms with Crippen LogP contribution in [0, 0.1) is 17.5 Å². The van der Waals surface area contributed by atoms with Crippen LogP contribution in [0.2, 0.25) is 0 Å².